The molecular weight excluding hydrogens is 508 g/mol. The number of likely N-dealkylation sites (tertiary alicyclic amines) is 1. The first-order valence-electron chi connectivity index (χ1n) is 14.6. The molecule has 7 atom stereocenters. The topological polar surface area (TPSA) is 96.4 Å². The van der Waals surface area contributed by atoms with E-state index >= 15 is 0 Å². The Morgan fingerprint density at radius 1 is 1.07 bits per heavy atom. The number of amides is 2. The SMILES string of the molecule is CC[C@H](C)[C@H](CO)N1C(=O)[C@@H]2[C@@H]3C(=O)OCCCC/C=C\[C@]3(C)O[C@@]23C=CCN(c2cc(C)ccc2C)C(=O)C13. The van der Waals surface area contributed by atoms with Crippen LogP contribution in [0.2, 0.25) is 0 Å². The number of cyclic esters (lactones) is 1. The molecule has 4 heterocycles. The molecule has 0 aromatic heterocycles. The summed E-state index contributed by atoms with van der Waals surface area (Å²) in [5.41, 5.74) is 0.205. The van der Waals surface area contributed by atoms with Gasteiger partial charge in [-0.3, -0.25) is 14.4 Å². The zero-order valence-corrected chi connectivity index (χ0v) is 24.3. The molecule has 2 fully saturated rings. The fourth-order valence-corrected chi connectivity index (χ4v) is 7.13. The van der Waals surface area contributed by atoms with E-state index < -0.39 is 41.1 Å². The molecule has 2 amide bonds. The van der Waals surface area contributed by atoms with Crippen LogP contribution in [-0.4, -0.2) is 70.8 Å². The van der Waals surface area contributed by atoms with E-state index in [0.717, 1.165) is 36.1 Å². The zero-order valence-electron chi connectivity index (χ0n) is 24.3. The Balaban J connectivity index is 1.70. The maximum atomic E-state index is 14.7. The van der Waals surface area contributed by atoms with Crippen LogP contribution in [-0.2, 0) is 23.9 Å². The van der Waals surface area contributed by atoms with Crippen LogP contribution in [0.15, 0.2) is 42.5 Å². The molecule has 40 heavy (non-hydrogen) atoms. The van der Waals surface area contributed by atoms with Gasteiger partial charge < -0.3 is 24.4 Å². The Labute approximate surface area is 237 Å². The molecule has 8 nitrogen and oxygen atoms in total. The third-order valence-corrected chi connectivity index (χ3v) is 9.44. The quantitative estimate of drug-likeness (QED) is 0.442. The monoisotopic (exact) mass is 550 g/mol. The third-order valence-electron chi connectivity index (χ3n) is 9.44. The van der Waals surface area contributed by atoms with Crippen LogP contribution < -0.4 is 4.90 Å². The average molecular weight is 551 g/mol. The Morgan fingerprint density at radius 2 is 1.85 bits per heavy atom. The first-order valence-corrected chi connectivity index (χ1v) is 14.6. The second kappa shape index (κ2) is 10.8. The van der Waals surface area contributed by atoms with Gasteiger partial charge in [-0.25, -0.2) is 0 Å². The molecule has 1 unspecified atom stereocenters. The summed E-state index contributed by atoms with van der Waals surface area (Å²) in [5.74, 6) is -3.08. The van der Waals surface area contributed by atoms with Crippen molar-refractivity contribution in [2.45, 2.75) is 83.6 Å². The summed E-state index contributed by atoms with van der Waals surface area (Å²) in [6.07, 6.45) is 10.8. The van der Waals surface area contributed by atoms with Crippen LogP contribution in [0.25, 0.3) is 0 Å². The molecule has 4 aliphatic rings. The number of nitrogens with zero attached hydrogens (tertiary/aromatic N) is 2. The van der Waals surface area contributed by atoms with E-state index in [1.54, 1.807) is 9.80 Å². The molecule has 1 aromatic carbocycles. The van der Waals surface area contributed by atoms with Crippen molar-refractivity contribution in [1.82, 2.24) is 4.90 Å². The number of hydrogen-bond acceptors (Lipinski definition) is 6. The fraction of sp³-hybridized carbons (Fsp3) is 0.594. The van der Waals surface area contributed by atoms with Crippen LogP contribution in [0.1, 0.15) is 57.6 Å². The number of allylic oxidation sites excluding steroid dienone is 1. The molecule has 1 N–H and O–H groups in total. The number of ether oxygens (including phenoxy) is 2. The van der Waals surface area contributed by atoms with Crippen molar-refractivity contribution in [2.75, 3.05) is 24.7 Å². The molecule has 0 saturated carbocycles. The lowest BCUT2D eigenvalue weighted by Gasteiger charge is -2.41. The highest BCUT2D eigenvalue weighted by atomic mass is 16.6. The number of aryl methyl sites for hydroxylation is 2. The second-order valence-corrected chi connectivity index (χ2v) is 12.1. The Bertz CT molecular complexity index is 1240. The summed E-state index contributed by atoms with van der Waals surface area (Å²) in [7, 11) is 0. The van der Waals surface area contributed by atoms with Gasteiger partial charge in [0.05, 0.1) is 30.8 Å². The molecule has 2 saturated heterocycles. The predicted octanol–water partition coefficient (Wildman–Crippen LogP) is 3.87. The molecule has 5 rings (SSSR count). The van der Waals surface area contributed by atoms with Crippen molar-refractivity contribution in [3.8, 4) is 0 Å². The van der Waals surface area contributed by atoms with E-state index in [1.165, 1.54) is 0 Å². The van der Waals surface area contributed by atoms with Crippen molar-refractivity contribution >= 4 is 23.5 Å². The lowest BCUT2D eigenvalue weighted by atomic mass is 9.74. The molecule has 1 spiro atoms. The highest BCUT2D eigenvalue weighted by molar-refractivity contribution is 6.06. The first kappa shape index (κ1) is 28.6. The minimum atomic E-state index is -1.39. The van der Waals surface area contributed by atoms with Gasteiger partial charge in [0.2, 0.25) is 5.91 Å². The Kier molecular flexibility index (Phi) is 7.70. The Morgan fingerprint density at radius 3 is 2.58 bits per heavy atom. The molecule has 0 radical (unpaired) electrons. The molecule has 0 bridgehead atoms. The lowest BCUT2D eigenvalue weighted by molar-refractivity contribution is -0.160. The number of benzene rings is 1. The van der Waals surface area contributed by atoms with Crippen molar-refractivity contribution in [3.63, 3.8) is 0 Å². The van der Waals surface area contributed by atoms with E-state index in [2.05, 4.69) is 0 Å². The normalized spacial score (nSPS) is 34.5. The van der Waals surface area contributed by atoms with Gasteiger partial charge in [0, 0.05) is 12.2 Å². The molecule has 8 heteroatoms. The number of carbonyl (C=O) groups is 3. The minimum absolute atomic E-state index is 0.0821. The first-order chi connectivity index (χ1) is 19.1. The van der Waals surface area contributed by atoms with E-state index in [-0.39, 0.29) is 30.9 Å². The van der Waals surface area contributed by atoms with Gasteiger partial charge >= 0.3 is 5.97 Å². The van der Waals surface area contributed by atoms with Gasteiger partial charge in [-0.1, -0.05) is 56.7 Å². The van der Waals surface area contributed by atoms with Gasteiger partial charge in [0.1, 0.15) is 17.6 Å². The molecule has 4 aliphatic heterocycles. The van der Waals surface area contributed by atoms with Gasteiger partial charge in [0.25, 0.3) is 5.91 Å². The summed E-state index contributed by atoms with van der Waals surface area (Å²) in [6.45, 7) is 10.0. The maximum Gasteiger partial charge on any atom is 0.313 e. The van der Waals surface area contributed by atoms with Crippen LogP contribution in [0.4, 0.5) is 5.69 Å². The van der Waals surface area contributed by atoms with Crippen molar-refractivity contribution in [3.05, 3.63) is 53.6 Å². The summed E-state index contributed by atoms with van der Waals surface area (Å²) < 4.78 is 12.6. The summed E-state index contributed by atoms with van der Waals surface area (Å²) >= 11 is 0. The van der Waals surface area contributed by atoms with Gasteiger partial charge in [0.15, 0.2) is 0 Å². The highest BCUT2D eigenvalue weighted by Crippen LogP contribution is 2.58. The lowest BCUT2D eigenvalue weighted by Crippen LogP contribution is -2.60. The summed E-state index contributed by atoms with van der Waals surface area (Å²) in [6, 6.07) is 4.31. The van der Waals surface area contributed by atoms with Crippen molar-refractivity contribution in [2.24, 2.45) is 17.8 Å². The van der Waals surface area contributed by atoms with Crippen LogP contribution in [0.5, 0.6) is 0 Å². The molecule has 216 valence electrons. The zero-order chi connectivity index (χ0) is 28.8. The smallest absolute Gasteiger partial charge is 0.313 e. The van der Waals surface area contributed by atoms with Crippen molar-refractivity contribution < 1.29 is 29.0 Å². The summed E-state index contributed by atoms with van der Waals surface area (Å²) in [4.78, 5) is 46.3. The largest absolute Gasteiger partial charge is 0.465 e. The standard InChI is InChI=1S/C32H42N2O6/c1-6-21(3)24(19-35)34-27-29(37)33(23-18-20(2)12-13-22(23)4)16-11-15-32(27)25(28(34)36)26-30(38)39-17-10-8-7-9-14-31(26,5)40-32/h9,11-15,18,21,24-27,35H,6-8,10,16-17,19H2,1-5H3/b14-9-/t21-,24-,25-,26+,27?,31-,32-/m0/s1. The van der Waals surface area contributed by atoms with E-state index in [0.29, 0.717) is 13.0 Å². The molecule has 0 aliphatic carbocycles. The van der Waals surface area contributed by atoms with E-state index in [1.807, 2.05) is 77.1 Å². The average Bonchev–Trinajstić information content (AvgIpc) is 3.25. The van der Waals surface area contributed by atoms with E-state index in [4.69, 9.17) is 9.47 Å². The molecular formula is C32H42N2O6. The number of aliphatic hydroxyl groups is 1. The fourth-order valence-electron chi connectivity index (χ4n) is 7.13. The number of aliphatic hydroxyl groups excluding tert-OH is 1. The highest BCUT2D eigenvalue weighted by Gasteiger charge is 2.75. The van der Waals surface area contributed by atoms with Crippen LogP contribution in [0, 0.1) is 31.6 Å². The summed E-state index contributed by atoms with van der Waals surface area (Å²) in [5, 5.41) is 10.6. The van der Waals surface area contributed by atoms with Gasteiger partial charge in [-0.2, -0.15) is 0 Å². The number of anilines is 1. The van der Waals surface area contributed by atoms with Gasteiger partial charge in [-0.05, 0) is 63.1 Å². The number of fused-ring (bicyclic) bond motifs is 2. The number of esters is 1. The minimum Gasteiger partial charge on any atom is -0.465 e. The predicted molar refractivity (Wildman–Crippen MR) is 152 cm³/mol. The maximum absolute atomic E-state index is 14.7. The van der Waals surface area contributed by atoms with Crippen molar-refractivity contribution in [1.29, 1.82) is 0 Å². The van der Waals surface area contributed by atoms with E-state index in [9.17, 15) is 19.5 Å². The second-order valence-electron chi connectivity index (χ2n) is 12.1. The van der Waals surface area contributed by atoms with Gasteiger partial charge in [-0.15, -0.1) is 0 Å². The number of rotatable bonds is 5. The molecule has 1 aromatic rings. The number of hydrogen-bond donors (Lipinski definition) is 1. The third kappa shape index (κ3) is 4.40. The van der Waals surface area contributed by atoms with Crippen LogP contribution >= 0.6 is 0 Å². The van der Waals surface area contributed by atoms with Crippen LogP contribution in [0.3, 0.4) is 0 Å². The Hall–Kier alpha value is -2.97. The number of carbonyl (C=O) groups excluding carboxylic acids is 3.